The highest BCUT2D eigenvalue weighted by atomic mass is 15.1. The van der Waals surface area contributed by atoms with Gasteiger partial charge in [0.2, 0.25) is 0 Å². The van der Waals surface area contributed by atoms with E-state index in [2.05, 4.69) is 49.7 Å². The van der Waals surface area contributed by atoms with Crippen LogP contribution >= 0.6 is 0 Å². The summed E-state index contributed by atoms with van der Waals surface area (Å²) in [7, 11) is 2.06. The third-order valence-corrected chi connectivity index (χ3v) is 4.33. The van der Waals surface area contributed by atoms with E-state index < -0.39 is 0 Å². The van der Waals surface area contributed by atoms with Crippen molar-refractivity contribution in [1.82, 2.24) is 9.55 Å². The molecule has 0 radical (unpaired) electrons. The van der Waals surface area contributed by atoms with Gasteiger partial charge in [0.15, 0.2) is 0 Å². The fourth-order valence-electron chi connectivity index (χ4n) is 2.86. The molecule has 0 aliphatic rings. The van der Waals surface area contributed by atoms with Crippen LogP contribution < -0.4 is 5.73 Å². The number of rotatable bonds is 3. The summed E-state index contributed by atoms with van der Waals surface area (Å²) in [4.78, 5) is 4.71. The highest BCUT2D eigenvalue weighted by Gasteiger charge is 2.15. The lowest BCUT2D eigenvalue weighted by Crippen LogP contribution is -2.17. The first kappa shape index (κ1) is 13.8. The molecule has 0 aliphatic carbocycles. The van der Waals surface area contributed by atoms with Crippen LogP contribution in [0.3, 0.4) is 0 Å². The average Bonchev–Trinajstić information content (AvgIpc) is 2.79. The maximum Gasteiger partial charge on any atom is 0.111 e. The molecular formula is C18H21N3. The smallest absolute Gasteiger partial charge is 0.111 e. The van der Waals surface area contributed by atoms with E-state index in [4.69, 9.17) is 10.7 Å². The fraction of sp³-hybridized carbons (Fsp3) is 0.278. The normalized spacial score (nSPS) is 12.8. The Balaban J connectivity index is 1.94. The molecule has 0 saturated carbocycles. The molecule has 2 aromatic carbocycles. The molecule has 1 aromatic heterocycles. The summed E-state index contributed by atoms with van der Waals surface area (Å²) >= 11 is 0. The Labute approximate surface area is 125 Å². The Kier molecular flexibility index (Phi) is 3.52. The molecule has 0 saturated heterocycles. The molecule has 0 aliphatic heterocycles. The van der Waals surface area contributed by atoms with Gasteiger partial charge in [0.05, 0.1) is 11.0 Å². The lowest BCUT2D eigenvalue weighted by Gasteiger charge is -2.16. The van der Waals surface area contributed by atoms with Gasteiger partial charge in [0.25, 0.3) is 0 Å². The molecule has 2 N–H and O–H groups in total. The quantitative estimate of drug-likeness (QED) is 0.798. The van der Waals surface area contributed by atoms with Gasteiger partial charge in [-0.1, -0.05) is 30.3 Å². The van der Waals surface area contributed by atoms with Crippen LogP contribution in [0.15, 0.2) is 42.5 Å². The van der Waals surface area contributed by atoms with E-state index in [1.807, 2.05) is 18.2 Å². The second kappa shape index (κ2) is 5.34. The molecule has 1 heterocycles. The van der Waals surface area contributed by atoms with E-state index in [1.54, 1.807) is 0 Å². The van der Waals surface area contributed by atoms with Gasteiger partial charge in [0.1, 0.15) is 5.82 Å². The van der Waals surface area contributed by atoms with Crippen molar-refractivity contribution in [2.24, 2.45) is 12.8 Å². The second-order valence-electron chi connectivity index (χ2n) is 5.68. The van der Waals surface area contributed by atoms with Gasteiger partial charge in [-0.05, 0) is 42.7 Å². The number of para-hydroxylation sites is 2. The first-order valence-electron chi connectivity index (χ1n) is 7.30. The number of aryl methyl sites for hydroxylation is 2. The Bertz CT molecular complexity index is 786. The number of hydrogen-bond donors (Lipinski definition) is 1. The molecule has 1 unspecified atom stereocenters. The number of aromatic nitrogens is 2. The molecule has 108 valence electrons. The van der Waals surface area contributed by atoms with E-state index in [9.17, 15) is 0 Å². The topological polar surface area (TPSA) is 43.8 Å². The fourth-order valence-corrected chi connectivity index (χ4v) is 2.86. The van der Waals surface area contributed by atoms with Crippen LogP contribution in [0.25, 0.3) is 11.0 Å². The van der Waals surface area contributed by atoms with Crippen LogP contribution in [-0.4, -0.2) is 9.55 Å². The van der Waals surface area contributed by atoms with Crippen molar-refractivity contribution < 1.29 is 0 Å². The van der Waals surface area contributed by atoms with Gasteiger partial charge in [-0.15, -0.1) is 0 Å². The summed E-state index contributed by atoms with van der Waals surface area (Å²) in [5.41, 5.74) is 12.4. The van der Waals surface area contributed by atoms with E-state index in [-0.39, 0.29) is 6.04 Å². The van der Waals surface area contributed by atoms with Crippen molar-refractivity contribution in [3.8, 4) is 0 Å². The molecule has 21 heavy (non-hydrogen) atoms. The van der Waals surface area contributed by atoms with Crippen LogP contribution in [0.1, 0.15) is 28.6 Å². The maximum atomic E-state index is 6.43. The zero-order valence-electron chi connectivity index (χ0n) is 12.8. The highest BCUT2D eigenvalue weighted by Crippen LogP contribution is 2.23. The molecule has 3 nitrogen and oxygen atoms in total. The largest absolute Gasteiger partial charge is 0.331 e. The van der Waals surface area contributed by atoms with Crippen LogP contribution in [0.2, 0.25) is 0 Å². The molecule has 3 heteroatoms. The third kappa shape index (κ3) is 2.45. The number of nitrogens with zero attached hydrogens (tertiary/aromatic N) is 2. The van der Waals surface area contributed by atoms with Crippen molar-refractivity contribution in [2.75, 3.05) is 0 Å². The number of imidazole rings is 1. The van der Waals surface area contributed by atoms with Gasteiger partial charge < -0.3 is 10.3 Å². The Morgan fingerprint density at radius 3 is 2.62 bits per heavy atom. The Morgan fingerprint density at radius 2 is 1.86 bits per heavy atom. The van der Waals surface area contributed by atoms with Crippen molar-refractivity contribution in [3.05, 3.63) is 65.0 Å². The minimum atomic E-state index is -0.0274. The molecule has 0 amide bonds. The van der Waals surface area contributed by atoms with E-state index >= 15 is 0 Å². The standard InChI is InChI=1S/C18H21N3/c1-12-7-6-8-14(13(12)2)15(19)11-18-20-16-9-4-5-10-17(16)21(18)3/h4-10,15H,11,19H2,1-3H3. The minimum Gasteiger partial charge on any atom is -0.331 e. The first-order chi connectivity index (χ1) is 10.1. The van der Waals surface area contributed by atoms with Gasteiger partial charge >= 0.3 is 0 Å². The van der Waals surface area contributed by atoms with Gasteiger partial charge in [-0.3, -0.25) is 0 Å². The van der Waals surface area contributed by atoms with Crippen molar-refractivity contribution in [3.63, 3.8) is 0 Å². The molecule has 1 atom stereocenters. The molecule has 0 bridgehead atoms. The summed E-state index contributed by atoms with van der Waals surface area (Å²) < 4.78 is 2.14. The summed E-state index contributed by atoms with van der Waals surface area (Å²) in [5, 5.41) is 0. The van der Waals surface area contributed by atoms with E-state index in [0.29, 0.717) is 0 Å². The molecule has 0 fully saturated rings. The third-order valence-electron chi connectivity index (χ3n) is 4.33. The van der Waals surface area contributed by atoms with Gasteiger partial charge in [-0.25, -0.2) is 4.98 Å². The van der Waals surface area contributed by atoms with E-state index in [0.717, 1.165) is 23.3 Å². The lowest BCUT2D eigenvalue weighted by molar-refractivity contribution is 0.661. The summed E-state index contributed by atoms with van der Waals surface area (Å²) in [6.07, 6.45) is 0.746. The summed E-state index contributed by atoms with van der Waals surface area (Å²) in [6.45, 7) is 4.26. The number of hydrogen-bond acceptors (Lipinski definition) is 2. The predicted octanol–water partition coefficient (Wildman–Crippen LogP) is 3.43. The van der Waals surface area contributed by atoms with Crippen LogP contribution in [-0.2, 0) is 13.5 Å². The summed E-state index contributed by atoms with van der Waals surface area (Å²) in [6, 6.07) is 14.5. The minimum absolute atomic E-state index is 0.0274. The molecule has 0 spiro atoms. The average molecular weight is 279 g/mol. The van der Waals surface area contributed by atoms with Crippen molar-refractivity contribution >= 4 is 11.0 Å². The van der Waals surface area contributed by atoms with Crippen molar-refractivity contribution in [2.45, 2.75) is 26.3 Å². The Hall–Kier alpha value is -2.13. The van der Waals surface area contributed by atoms with E-state index in [1.165, 1.54) is 16.7 Å². The van der Waals surface area contributed by atoms with Crippen LogP contribution in [0.4, 0.5) is 0 Å². The monoisotopic (exact) mass is 279 g/mol. The number of fused-ring (bicyclic) bond motifs is 1. The maximum absolute atomic E-state index is 6.43. The molecule has 3 aromatic rings. The van der Waals surface area contributed by atoms with Gasteiger partial charge in [0, 0.05) is 19.5 Å². The van der Waals surface area contributed by atoms with Crippen molar-refractivity contribution in [1.29, 1.82) is 0 Å². The molecule has 3 rings (SSSR count). The van der Waals surface area contributed by atoms with Crippen LogP contribution in [0, 0.1) is 13.8 Å². The molecular weight excluding hydrogens is 258 g/mol. The summed E-state index contributed by atoms with van der Waals surface area (Å²) in [5.74, 6) is 1.03. The SMILES string of the molecule is Cc1cccc(C(N)Cc2nc3ccccc3n2C)c1C. The lowest BCUT2D eigenvalue weighted by atomic mass is 9.96. The first-order valence-corrected chi connectivity index (χ1v) is 7.30. The van der Waals surface area contributed by atoms with Crippen LogP contribution in [0.5, 0.6) is 0 Å². The highest BCUT2D eigenvalue weighted by molar-refractivity contribution is 5.75. The second-order valence-corrected chi connectivity index (χ2v) is 5.68. The zero-order chi connectivity index (χ0) is 15.0. The zero-order valence-corrected chi connectivity index (χ0v) is 12.8. The number of nitrogens with two attached hydrogens (primary N) is 1. The predicted molar refractivity (Wildman–Crippen MR) is 87.3 cm³/mol. The number of benzene rings is 2. The Morgan fingerprint density at radius 1 is 1.10 bits per heavy atom. The van der Waals surface area contributed by atoms with Gasteiger partial charge in [-0.2, -0.15) is 0 Å².